The number of anilines is 1. The predicted molar refractivity (Wildman–Crippen MR) is 85.4 cm³/mol. The molecule has 2 aromatic carbocycles. The van der Waals surface area contributed by atoms with E-state index in [0.29, 0.717) is 17.2 Å². The van der Waals surface area contributed by atoms with Crippen LogP contribution in [0, 0.1) is 6.92 Å². The number of carbonyl (C=O) groups excluding carboxylic acids is 1. The SMILES string of the molecule is COc1cc(C(=O)Nc2ccc(OC(F)(F)F)cc2)cc(OC)c1C. The van der Waals surface area contributed by atoms with Crippen LogP contribution >= 0.6 is 0 Å². The van der Waals surface area contributed by atoms with Crippen molar-refractivity contribution >= 4 is 11.6 Å². The Labute approximate surface area is 142 Å². The van der Waals surface area contributed by atoms with Crippen molar-refractivity contribution < 1.29 is 32.2 Å². The molecular weight excluding hydrogens is 339 g/mol. The molecular formula is C17H16F3NO4. The highest BCUT2D eigenvalue weighted by atomic mass is 19.4. The standard InChI is InChI=1S/C17H16F3NO4/c1-10-14(23-2)8-11(9-15(10)24-3)16(22)21-12-4-6-13(7-5-12)25-17(18,19)20/h4-9H,1-3H3,(H,21,22). The zero-order valence-corrected chi connectivity index (χ0v) is 13.7. The highest BCUT2D eigenvalue weighted by Crippen LogP contribution is 2.30. The first-order valence-electron chi connectivity index (χ1n) is 7.13. The molecule has 0 saturated heterocycles. The Kier molecular flexibility index (Phi) is 5.41. The van der Waals surface area contributed by atoms with Gasteiger partial charge in [-0.1, -0.05) is 0 Å². The largest absolute Gasteiger partial charge is 0.573 e. The molecule has 0 spiro atoms. The Hall–Kier alpha value is -2.90. The van der Waals surface area contributed by atoms with Gasteiger partial charge in [0.15, 0.2) is 0 Å². The van der Waals surface area contributed by atoms with Gasteiger partial charge in [-0.3, -0.25) is 4.79 Å². The molecule has 0 aliphatic carbocycles. The zero-order chi connectivity index (χ0) is 18.6. The van der Waals surface area contributed by atoms with Crippen molar-refractivity contribution in [1.29, 1.82) is 0 Å². The van der Waals surface area contributed by atoms with Gasteiger partial charge in [-0.25, -0.2) is 0 Å². The highest BCUT2D eigenvalue weighted by molar-refractivity contribution is 6.05. The van der Waals surface area contributed by atoms with E-state index in [2.05, 4.69) is 10.1 Å². The fourth-order valence-corrected chi connectivity index (χ4v) is 2.16. The number of nitrogens with one attached hydrogen (secondary N) is 1. The summed E-state index contributed by atoms with van der Waals surface area (Å²) in [6.45, 7) is 1.79. The highest BCUT2D eigenvalue weighted by Gasteiger charge is 2.31. The second-order valence-electron chi connectivity index (χ2n) is 5.03. The summed E-state index contributed by atoms with van der Waals surface area (Å²) in [4.78, 5) is 12.3. The maximum atomic E-state index is 12.3. The van der Waals surface area contributed by atoms with E-state index in [4.69, 9.17) is 9.47 Å². The third-order valence-electron chi connectivity index (χ3n) is 3.36. The van der Waals surface area contributed by atoms with Gasteiger partial charge in [0.2, 0.25) is 0 Å². The number of halogens is 3. The molecule has 0 heterocycles. The molecule has 2 aromatic rings. The molecule has 2 rings (SSSR count). The summed E-state index contributed by atoms with van der Waals surface area (Å²) in [5, 5.41) is 2.58. The van der Waals surface area contributed by atoms with Crippen molar-refractivity contribution in [3.63, 3.8) is 0 Å². The van der Waals surface area contributed by atoms with Crippen molar-refractivity contribution in [3.05, 3.63) is 47.5 Å². The lowest BCUT2D eigenvalue weighted by Crippen LogP contribution is -2.17. The Balaban J connectivity index is 2.17. The fraction of sp³-hybridized carbons (Fsp3) is 0.235. The van der Waals surface area contributed by atoms with Crippen LogP contribution in [0.4, 0.5) is 18.9 Å². The van der Waals surface area contributed by atoms with Crippen LogP contribution in [0.15, 0.2) is 36.4 Å². The molecule has 0 radical (unpaired) electrons. The maximum absolute atomic E-state index is 12.3. The molecule has 0 bridgehead atoms. The summed E-state index contributed by atoms with van der Waals surface area (Å²) >= 11 is 0. The Morgan fingerprint density at radius 1 is 1.00 bits per heavy atom. The first kappa shape index (κ1) is 18.4. The van der Waals surface area contributed by atoms with Gasteiger partial charge in [-0.15, -0.1) is 13.2 Å². The molecule has 0 unspecified atom stereocenters. The third kappa shape index (κ3) is 4.79. The molecule has 0 aromatic heterocycles. The van der Waals surface area contributed by atoms with Gasteiger partial charge in [-0.05, 0) is 43.3 Å². The molecule has 0 fully saturated rings. The van der Waals surface area contributed by atoms with Crippen molar-refractivity contribution in [2.24, 2.45) is 0 Å². The van der Waals surface area contributed by atoms with Crippen molar-refractivity contribution in [2.75, 3.05) is 19.5 Å². The maximum Gasteiger partial charge on any atom is 0.573 e. The van der Waals surface area contributed by atoms with E-state index in [-0.39, 0.29) is 11.3 Å². The molecule has 1 amide bonds. The van der Waals surface area contributed by atoms with Gasteiger partial charge in [0.1, 0.15) is 17.2 Å². The number of alkyl halides is 3. The average Bonchev–Trinajstić information content (AvgIpc) is 2.55. The summed E-state index contributed by atoms with van der Waals surface area (Å²) in [5.41, 5.74) is 1.35. The summed E-state index contributed by atoms with van der Waals surface area (Å²) in [7, 11) is 2.95. The zero-order valence-electron chi connectivity index (χ0n) is 13.7. The molecule has 5 nitrogen and oxygen atoms in total. The van der Waals surface area contributed by atoms with Gasteiger partial charge in [-0.2, -0.15) is 0 Å². The lowest BCUT2D eigenvalue weighted by atomic mass is 10.1. The third-order valence-corrected chi connectivity index (χ3v) is 3.36. The normalized spacial score (nSPS) is 11.0. The van der Waals surface area contributed by atoms with E-state index in [1.54, 1.807) is 19.1 Å². The summed E-state index contributed by atoms with van der Waals surface area (Å²) < 4.78 is 50.6. The van der Waals surface area contributed by atoms with Crippen LogP contribution in [-0.4, -0.2) is 26.5 Å². The van der Waals surface area contributed by atoms with Crippen LogP contribution in [0.1, 0.15) is 15.9 Å². The molecule has 8 heteroatoms. The number of benzene rings is 2. The average molecular weight is 355 g/mol. The second kappa shape index (κ2) is 7.33. The number of amides is 1. The lowest BCUT2D eigenvalue weighted by Gasteiger charge is -2.13. The van der Waals surface area contributed by atoms with E-state index in [0.717, 1.165) is 17.7 Å². The van der Waals surface area contributed by atoms with Gasteiger partial charge in [0.25, 0.3) is 5.91 Å². The van der Waals surface area contributed by atoms with E-state index in [1.807, 2.05) is 0 Å². The predicted octanol–water partition coefficient (Wildman–Crippen LogP) is 4.16. The van der Waals surface area contributed by atoms with Crippen LogP contribution in [-0.2, 0) is 0 Å². The number of hydrogen-bond acceptors (Lipinski definition) is 4. The minimum absolute atomic E-state index is 0.287. The van der Waals surface area contributed by atoms with E-state index in [9.17, 15) is 18.0 Å². The molecule has 1 N–H and O–H groups in total. The van der Waals surface area contributed by atoms with E-state index < -0.39 is 12.3 Å². The quantitative estimate of drug-likeness (QED) is 0.875. The molecule has 0 atom stereocenters. The molecule has 0 aliphatic rings. The van der Waals surface area contributed by atoms with E-state index >= 15 is 0 Å². The number of methoxy groups -OCH3 is 2. The topological polar surface area (TPSA) is 56.8 Å². The van der Waals surface area contributed by atoms with Crippen LogP contribution in [0.3, 0.4) is 0 Å². The fourth-order valence-electron chi connectivity index (χ4n) is 2.16. The first-order chi connectivity index (χ1) is 11.7. The number of ether oxygens (including phenoxy) is 3. The Morgan fingerprint density at radius 3 is 1.96 bits per heavy atom. The van der Waals surface area contributed by atoms with Gasteiger partial charge >= 0.3 is 6.36 Å². The number of rotatable bonds is 5. The van der Waals surface area contributed by atoms with Gasteiger partial charge < -0.3 is 19.5 Å². The minimum Gasteiger partial charge on any atom is -0.496 e. The van der Waals surface area contributed by atoms with Gasteiger partial charge in [0.05, 0.1) is 14.2 Å². The van der Waals surface area contributed by atoms with E-state index in [1.165, 1.54) is 26.4 Å². The smallest absolute Gasteiger partial charge is 0.496 e. The summed E-state index contributed by atoms with van der Waals surface area (Å²) in [6, 6.07) is 7.94. The second-order valence-corrected chi connectivity index (χ2v) is 5.03. The van der Waals surface area contributed by atoms with Crippen molar-refractivity contribution in [2.45, 2.75) is 13.3 Å². The molecule has 0 saturated carbocycles. The first-order valence-corrected chi connectivity index (χ1v) is 7.13. The summed E-state index contributed by atoms with van der Waals surface area (Å²) in [6.07, 6.45) is -4.76. The van der Waals surface area contributed by atoms with Crippen LogP contribution in [0.2, 0.25) is 0 Å². The molecule has 134 valence electrons. The monoisotopic (exact) mass is 355 g/mol. The minimum atomic E-state index is -4.76. The summed E-state index contributed by atoms with van der Waals surface area (Å²) in [5.74, 6) is 0.141. The Morgan fingerprint density at radius 2 is 1.52 bits per heavy atom. The van der Waals surface area contributed by atoms with Crippen LogP contribution in [0.25, 0.3) is 0 Å². The molecule has 25 heavy (non-hydrogen) atoms. The van der Waals surface area contributed by atoms with Crippen LogP contribution in [0.5, 0.6) is 17.2 Å². The number of carbonyl (C=O) groups is 1. The van der Waals surface area contributed by atoms with Gasteiger partial charge in [0, 0.05) is 16.8 Å². The number of hydrogen-bond donors (Lipinski definition) is 1. The van der Waals surface area contributed by atoms with Crippen molar-refractivity contribution in [3.8, 4) is 17.2 Å². The molecule has 0 aliphatic heterocycles. The Bertz CT molecular complexity index is 732. The van der Waals surface area contributed by atoms with Crippen LogP contribution < -0.4 is 19.5 Å². The lowest BCUT2D eigenvalue weighted by molar-refractivity contribution is -0.274. The van der Waals surface area contributed by atoms with Crippen molar-refractivity contribution in [1.82, 2.24) is 0 Å².